The Morgan fingerprint density at radius 1 is 1.07 bits per heavy atom. The van der Waals surface area contributed by atoms with Crippen LogP contribution in [0.15, 0.2) is 53.8 Å². The third-order valence-corrected chi connectivity index (χ3v) is 6.91. The lowest BCUT2D eigenvalue weighted by atomic mass is 9.84. The van der Waals surface area contributed by atoms with Crippen LogP contribution in [0.1, 0.15) is 43.4 Å². The Morgan fingerprint density at radius 2 is 1.82 bits per heavy atom. The molecular weight excluding hydrogens is 527 g/mol. The molecule has 0 aliphatic heterocycles. The Balaban J connectivity index is 1.37. The van der Waals surface area contributed by atoms with Gasteiger partial charge in [0.15, 0.2) is 6.10 Å². The standard InChI is InChI=1S/C29H34F3N3O5/c1-37-28(36)25(40-19-29(30,31)32)18-20-8-11-23(12-9-20)39-17-16-35-15-14-22-10-13-24(33-27(22)35)26(34-38-2)21-6-4-3-5-7-21/h8-15,21,25H,3-7,16-19H2,1-2H3/b34-26+. The Hall–Kier alpha value is -3.60. The van der Waals surface area contributed by atoms with Gasteiger partial charge in [-0.15, -0.1) is 0 Å². The average molecular weight is 562 g/mol. The van der Waals surface area contributed by atoms with Crippen LogP contribution >= 0.6 is 0 Å². The molecule has 40 heavy (non-hydrogen) atoms. The first kappa shape index (κ1) is 29.4. The fourth-order valence-corrected chi connectivity index (χ4v) is 4.92. The molecule has 1 fully saturated rings. The van der Waals surface area contributed by atoms with E-state index in [1.165, 1.54) is 19.3 Å². The van der Waals surface area contributed by atoms with Crippen molar-refractivity contribution in [2.24, 2.45) is 11.1 Å². The van der Waals surface area contributed by atoms with Crippen LogP contribution in [0.2, 0.25) is 0 Å². The number of pyridine rings is 1. The molecule has 1 aliphatic rings. The maximum absolute atomic E-state index is 12.5. The van der Waals surface area contributed by atoms with Crippen molar-refractivity contribution in [1.29, 1.82) is 0 Å². The highest BCUT2D eigenvalue weighted by Crippen LogP contribution is 2.28. The molecule has 0 N–H and O–H groups in total. The zero-order valence-corrected chi connectivity index (χ0v) is 22.7. The molecule has 0 bridgehead atoms. The summed E-state index contributed by atoms with van der Waals surface area (Å²) in [4.78, 5) is 21.9. The summed E-state index contributed by atoms with van der Waals surface area (Å²) in [6.45, 7) is -0.604. The molecular formula is C29H34F3N3O5. The predicted molar refractivity (Wildman–Crippen MR) is 143 cm³/mol. The number of fused-ring (bicyclic) bond motifs is 1. The average Bonchev–Trinajstić information content (AvgIpc) is 3.36. The number of alkyl halides is 3. The third-order valence-electron chi connectivity index (χ3n) is 6.91. The van der Waals surface area contributed by atoms with E-state index in [0.29, 0.717) is 30.4 Å². The van der Waals surface area contributed by atoms with Crippen molar-refractivity contribution in [2.75, 3.05) is 27.4 Å². The van der Waals surface area contributed by atoms with E-state index in [1.54, 1.807) is 31.4 Å². The van der Waals surface area contributed by atoms with Gasteiger partial charge >= 0.3 is 12.1 Å². The van der Waals surface area contributed by atoms with Crippen LogP contribution in [-0.4, -0.2) is 60.9 Å². The molecule has 1 unspecified atom stereocenters. The molecule has 1 aromatic carbocycles. The molecule has 216 valence electrons. The molecule has 2 heterocycles. The Labute approximate surface area is 231 Å². The van der Waals surface area contributed by atoms with Gasteiger partial charge in [0.25, 0.3) is 0 Å². The lowest BCUT2D eigenvalue weighted by Gasteiger charge is -2.22. The summed E-state index contributed by atoms with van der Waals surface area (Å²) in [5, 5.41) is 5.35. The Bertz CT molecular complexity index is 1280. The molecule has 0 saturated heterocycles. The minimum atomic E-state index is -4.54. The normalized spacial score (nSPS) is 15.7. The summed E-state index contributed by atoms with van der Waals surface area (Å²) in [5.41, 5.74) is 3.17. The molecule has 11 heteroatoms. The Morgan fingerprint density at radius 3 is 2.50 bits per heavy atom. The Kier molecular flexibility index (Phi) is 10.0. The van der Waals surface area contributed by atoms with E-state index in [9.17, 15) is 18.0 Å². The molecule has 1 aliphatic carbocycles. The smallest absolute Gasteiger partial charge is 0.411 e. The maximum atomic E-state index is 12.5. The number of benzene rings is 1. The SMILES string of the molecule is CO/N=C(/c1ccc2ccn(CCOc3ccc(CC(OCC(F)(F)F)C(=O)OC)cc3)c2n1)C1CCCCC1. The molecule has 3 aromatic rings. The van der Waals surface area contributed by atoms with Crippen LogP contribution in [0.3, 0.4) is 0 Å². The van der Waals surface area contributed by atoms with Crippen molar-refractivity contribution < 1.29 is 37.0 Å². The van der Waals surface area contributed by atoms with Crippen molar-refractivity contribution in [3.63, 3.8) is 0 Å². The number of methoxy groups -OCH3 is 1. The van der Waals surface area contributed by atoms with E-state index >= 15 is 0 Å². The second-order valence-electron chi connectivity index (χ2n) is 9.75. The lowest BCUT2D eigenvalue weighted by molar-refractivity contribution is -0.193. The van der Waals surface area contributed by atoms with Crippen LogP contribution < -0.4 is 4.74 Å². The van der Waals surface area contributed by atoms with E-state index in [0.717, 1.165) is 42.4 Å². The van der Waals surface area contributed by atoms with Crippen molar-refractivity contribution in [3.8, 4) is 5.75 Å². The van der Waals surface area contributed by atoms with Gasteiger partial charge in [0.2, 0.25) is 0 Å². The van der Waals surface area contributed by atoms with Gasteiger partial charge < -0.3 is 23.6 Å². The van der Waals surface area contributed by atoms with Crippen LogP contribution in [0, 0.1) is 5.92 Å². The fraction of sp³-hybridized carbons (Fsp3) is 0.483. The van der Waals surface area contributed by atoms with Crippen molar-refractivity contribution in [3.05, 3.63) is 59.9 Å². The van der Waals surface area contributed by atoms with E-state index < -0.39 is 24.9 Å². The number of oxime groups is 1. The van der Waals surface area contributed by atoms with Gasteiger partial charge in [-0.1, -0.05) is 36.6 Å². The van der Waals surface area contributed by atoms with Gasteiger partial charge in [0.1, 0.15) is 37.4 Å². The number of aromatic nitrogens is 2. The van der Waals surface area contributed by atoms with Crippen LogP contribution in [0.4, 0.5) is 13.2 Å². The second-order valence-corrected chi connectivity index (χ2v) is 9.75. The maximum Gasteiger partial charge on any atom is 0.411 e. The topological polar surface area (TPSA) is 84.2 Å². The lowest BCUT2D eigenvalue weighted by Crippen LogP contribution is -2.32. The quantitative estimate of drug-likeness (QED) is 0.160. The van der Waals surface area contributed by atoms with Crippen LogP contribution in [0.5, 0.6) is 5.75 Å². The minimum absolute atomic E-state index is 0.0540. The summed E-state index contributed by atoms with van der Waals surface area (Å²) >= 11 is 0. The number of carbonyl (C=O) groups is 1. The molecule has 2 aromatic heterocycles. The minimum Gasteiger partial charge on any atom is -0.492 e. The number of hydrogen-bond acceptors (Lipinski definition) is 7. The summed E-state index contributed by atoms with van der Waals surface area (Å²) in [6.07, 6.45) is 1.80. The highest BCUT2D eigenvalue weighted by molar-refractivity contribution is 6.01. The van der Waals surface area contributed by atoms with Crippen LogP contribution in [0.25, 0.3) is 11.0 Å². The second kappa shape index (κ2) is 13.6. The first-order valence-corrected chi connectivity index (χ1v) is 13.3. The van der Waals surface area contributed by atoms with Gasteiger partial charge in [-0.3, -0.25) is 0 Å². The number of hydrogen-bond donors (Lipinski definition) is 0. The first-order chi connectivity index (χ1) is 19.3. The third kappa shape index (κ3) is 7.97. The molecule has 8 nitrogen and oxygen atoms in total. The molecule has 0 spiro atoms. The first-order valence-electron chi connectivity index (χ1n) is 13.3. The molecule has 4 rings (SSSR count). The summed E-state index contributed by atoms with van der Waals surface area (Å²) < 4.78 is 54.9. The molecule has 1 saturated carbocycles. The van der Waals surface area contributed by atoms with Gasteiger partial charge in [-0.2, -0.15) is 13.2 Å². The van der Waals surface area contributed by atoms with E-state index in [1.807, 2.05) is 29.0 Å². The highest BCUT2D eigenvalue weighted by atomic mass is 19.4. The molecule has 0 radical (unpaired) electrons. The molecule has 1 atom stereocenters. The number of carbonyl (C=O) groups excluding carboxylic acids is 1. The fourth-order valence-electron chi connectivity index (χ4n) is 4.92. The number of nitrogens with zero attached hydrogens (tertiary/aromatic N) is 3. The van der Waals surface area contributed by atoms with Gasteiger partial charge in [-0.05, 0) is 48.7 Å². The molecule has 0 amide bonds. The zero-order chi connectivity index (χ0) is 28.5. The van der Waals surface area contributed by atoms with Crippen molar-refractivity contribution in [1.82, 2.24) is 9.55 Å². The van der Waals surface area contributed by atoms with Crippen LogP contribution in [-0.2, 0) is 32.1 Å². The largest absolute Gasteiger partial charge is 0.492 e. The van der Waals surface area contributed by atoms with E-state index in [-0.39, 0.29) is 6.42 Å². The number of esters is 1. The summed E-state index contributed by atoms with van der Waals surface area (Å²) in [7, 11) is 2.67. The van der Waals surface area contributed by atoms with Gasteiger partial charge in [-0.25, -0.2) is 9.78 Å². The highest BCUT2D eigenvalue weighted by Gasteiger charge is 2.32. The van der Waals surface area contributed by atoms with Gasteiger partial charge in [0.05, 0.1) is 19.3 Å². The summed E-state index contributed by atoms with van der Waals surface area (Å²) in [6, 6.07) is 12.8. The number of ether oxygens (including phenoxy) is 3. The van der Waals surface area contributed by atoms with E-state index in [2.05, 4.69) is 9.89 Å². The zero-order valence-electron chi connectivity index (χ0n) is 22.7. The number of halogens is 3. The van der Waals surface area contributed by atoms with Crippen molar-refractivity contribution >= 4 is 22.7 Å². The predicted octanol–water partition coefficient (Wildman–Crippen LogP) is 5.71. The van der Waals surface area contributed by atoms with E-state index in [4.69, 9.17) is 19.3 Å². The van der Waals surface area contributed by atoms with Crippen molar-refractivity contribution in [2.45, 2.75) is 57.3 Å². The number of rotatable bonds is 12. The summed E-state index contributed by atoms with van der Waals surface area (Å²) in [5.74, 6) is 0.0682. The monoisotopic (exact) mass is 561 g/mol. The van der Waals surface area contributed by atoms with Gasteiger partial charge in [0, 0.05) is 23.9 Å².